The number of ether oxygens (including phenoxy) is 1. The van der Waals surface area contributed by atoms with Gasteiger partial charge < -0.3 is 15.4 Å². The summed E-state index contributed by atoms with van der Waals surface area (Å²) >= 11 is 0. The van der Waals surface area contributed by atoms with Crippen LogP contribution in [0.4, 0.5) is 0 Å². The Kier molecular flexibility index (Phi) is 5.92. The number of nitrogens with one attached hydrogen (secondary N) is 2. The van der Waals surface area contributed by atoms with Crippen molar-refractivity contribution in [3.8, 4) is 0 Å². The second kappa shape index (κ2) is 6.97. The molecule has 1 saturated heterocycles. The molecule has 0 radical (unpaired) electrons. The maximum Gasteiger partial charge on any atom is 0.233 e. The van der Waals surface area contributed by atoms with Gasteiger partial charge in [-0.1, -0.05) is 20.8 Å². The minimum absolute atomic E-state index is 0.0898. The number of likely N-dealkylation sites (N-methyl/N-ethyl adjacent to an activating group) is 1. The number of amides is 1. The SMILES string of the molecule is CCNCC(=O)NCC(C)(C)C1CCOCC1. The smallest absolute Gasteiger partial charge is 0.233 e. The molecule has 0 spiro atoms. The van der Waals surface area contributed by atoms with Gasteiger partial charge in [0.1, 0.15) is 0 Å². The first-order valence-corrected chi connectivity index (χ1v) is 6.61. The lowest BCUT2D eigenvalue weighted by atomic mass is 9.74. The van der Waals surface area contributed by atoms with E-state index in [-0.39, 0.29) is 11.3 Å². The van der Waals surface area contributed by atoms with Gasteiger partial charge in [0.2, 0.25) is 5.91 Å². The van der Waals surface area contributed by atoms with Crippen LogP contribution in [0.2, 0.25) is 0 Å². The summed E-state index contributed by atoms with van der Waals surface area (Å²) in [7, 11) is 0. The third kappa shape index (κ3) is 5.04. The molecule has 0 aromatic heterocycles. The standard InChI is InChI=1S/C13H26N2O2/c1-4-14-9-12(16)15-10-13(2,3)11-5-7-17-8-6-11/h11,14H,4-10H2,1-3H3,(H,15,16). The molecule has 1 rings (SSSR count). The summed E-state index contributed by atoms with van der Waals surface area (Å²) in [5.41, 5.74) is 0.158. The molecule has 0 aliphatic carbocycles. The van der Waals surface area contributed by atoms with Gasteiger partial charge in [-0.05, 0) is 30.7 Å². The van der Waals surface area contributed by atoms with E-state index < -0.39 is 0 Å². The van der Waals surface area contributed by atoms with E-state index in [2.05, 4.69) is 24.5 Å². The normalized spacial score (nSPS) is 18.1. The Morgan fingerprint density at radius 3 is 2.59 bits per heavy atom. The van der Waals surface area contributed by atoms with Crippen molar-refractivity contribution in [2.24, 2.45) is 11.3 Å². The molecule has 100 valence electrons. The molecule has 4 heteroatoms. The maximum atomic E-state index is 11.5. The number of hydrogen-bond donors (Lipinski definition) is 2. The number of carbonyl (C=O) groups is 1. The van der Waals surface area contributed by atoms with Gasteiger partial charge in [0.15, 0.2) is 0 Å². The van der Waals surface area contributed by atoms with E-state index in [4.69, 9.17) is 4.74 Å². The van der Waals surface area contributed by atoms with Crippen LogP contribution < -0.4 is 10.6 Å². The van der Waals surface area contributed by atoms with Gasteiger partial charge in [-0.3, -0.25) is 4.79 Å². The molecule has 0 bridgehead atoms. The Hall–Kier alpha value is -0.610. The second-order valence-electron chi connectivity index (χ2n) is 5.43. The van der Waals surface area contributed by atoms with Crippen molar-refractivity contribution in [2.45, 2.75) is 33.6 Å². The van der Waals surface area contributed by atoms with Gasteiger partial charge in [-0.25, -0.2) is 0 Å². The van der Waals surface area contributed by atoms with Crippen molar-refractivity contribution in [3.05, 3.63) is 0 Å². The van der Waals surface area contributed by atoms with Crippen LogP contribution in [0.1, 0.15) is 33.6 Å². The first-order valence-electron chi connectivity index (χ1n) is 6.61. The highest BCUT2D eigenvalue weighted by atomic mass is 16.5. The number of carbonyl (C=O) groups excluding carboxylic acids is 1. The van der Waals surface area contributed by atoms with Crippen molar-refractivity contribution >= 4 is 5.91 Å². The molecule has 17 heavy (non-hydrogen) atoms. The minimum Gasteiger partial charge on any atom is -0.381 e. The van der Waals surface area contributed by atoms with Crippen LogP contribution in [-0.4, -0.2) is 38.8 Å². The Bertz CT molecular complexity index is 236. The van der Waals surface area contributed by atoms with E-state index >= 15 is 0 Å². The third-order valence-electron chi connectivity index (χ3n) is 3.60. The Balaban J connectivity index is 2.29. The van der Waals surface area contributed by atoms with Gasteiger partial charge in [0.25, 0.3) is 0 Å². The van der Waals surface area contributed by atoms with Gasteiger partial charge in [0.05, 0.1) is 6.54 Å². The zero-order valence-corrected chi connectivity index (χ0v) is 11.3. The largest absolute Gasteiger partial charge is 0.381 e. The van der Waals surface area contributed by atoms with Crippen LogP contribution in [0, 0.1) is 11.3 Å². The van der Waals surface area contributed by atoms with Gasteiger partial charge in [-0.2, -0.15) is 0 Å². The van der Waals surface area contributed by atoms with Crippen LogP contribution in [0.15, 0.2) is 0 Å². The summed E-state index contributed by atoms with van der Waals surface area (Å²) in [5.74, 6) is 0.739. The fraction of sp³-hybridized carbons (Fsp3) is 0.923. The van der Waals surface area contributed by atoms with Crippen molar-refractivity contribution in [1.82, 2.24) is 10.6 Å². The molecule has 1 fully saturated rings. The van der Waals surface area contributed by atoms with Crippen molar-refractivity contribution in [2.75, 3.05) is 32.8 Å². The quantitative estimate of drug-likeness (QED) is 0.735. The predicted molar refractivity (Wildman–Crippen MR) is 68.9 cm³/mol. The van der Waals surface area contributed by atoms with E-state index in [0.717, 1.165) is 39.1 Å². The van der Waals surface area contributed by atoms with Crippen molar-refractivity contribution in [1.29, 1.82) is 0 Å². The molecule has 4 nitrogen and oxygen atoms in total. The van der Waals surface area contributed by atoms with Crippen LogP contribution in [-0.2, 0) is 9.53 Å². The first-order chi connectivity index (χ1) is 8.06. The third-order valence-corrected chi connectivity index (χ3v) is 3.60. The molecule has 0 saturated carbocycles. The lowest BCUT2D eigenvalue weighted by Crippen LogP contribution is -2.43. The van der Waals surface area contributed by atoms with Gasteiger partial charge >= 0.3 is 0 Å². The van der Waals surface area contributed by atoms with E-state index in [1.165, 1.54) is 0 Å². The summed E-state index contributed by atoms with van der Waals surface area (Å²) in [6, 6.07) is 0. The molecule has 1 heterocycles. The molecule has 0 unspecified atom stereocenters. The zero-order chi connectivity index (χ0) is 12.7. The van der Waals surface area contributed by atoms with Crippen LogP contribution in [0.25, 0.3) is 0 Å². The summed E-state index contributed by atoms with van der Waals surface area (Å²) in [6.45, 7) is 10.2. The highest BCUT2D eigenvalue weighted by Crippen LogP contribution is 2.33. The molecule has 1 aliphatic heterocycles. The first kappa shape index (κ1) is 14.5. The van der Waals surface area contributed by atoms with E-state index in [1.807, 2.05) is 6.92 Å². The molecular formula is C13H26N2O2. The van der Waals surface area contributed by atoms with E-state index in [1.54, 1.807) is 0 Å². The summed E-state index contributed by atoms with van der Waals surface area (Å²) in [4.78, 5) is 11.5. The summed E-state index contributed by atoms with van der Waals surface area (Å²) < 4.78 is 5.38. The molecule has 2 N–H and O–H groups in total. The van der Waals surface area contributed by atoms with Crippen LogP contribution in [0.3, 0.4) is 0 Å². The summed E-state index contributed by atoms with van der Waals surface area (Å²) in [5, 5.41) is 6.04. The number of hydrogen-bond acceptors (Lipinski definition) is 3. The number of rotatable bonds is 6. The molecule has 1 aliphatic rings. The van der Waals surface area contributed by atoms with E-state index in [0.29, 0.717) is 12.5 Å². The van der Waals surface area contributed by atoms with Gasteiger partial charge in [0, 0.05) is 19.8 Å². The summed E-state index contributed by atoms with van der Waals surface area (Å²) in [6.07, 6.45) is 2.21. The monoisotopic (exact) mass is 242 g/mol. The zero-order valence-electron chi connectivity index (χ0n) is 11.3. The lowest BCUT2D eigenvalue weighted by Gasteiger charge is -2.37. The predicted octanol–water partition coefficient (Wildman–Crippen LogP) is 1.16. The second-order valence-corrected chi connectivity index (χ2v) is 5.43. The maximum absolute atomic E-state index is 11.5. The highest BCUT2D eigenvalue weighted by molar-refractivity contribution is 5.77. The minimum atomic E-state index is 0.0898. The molecule has 1 amide bonds. The average molecular weight is 242 g/mol. The molecule has 0 aromatic rings. The molecule has 0 aromatic carbocycles. The topological polar surface area (TPSA) is 50.4 Å². The highest BCUT2D eigenvalue weighted by Gasteiger charge is 2.31. The van der Waals surface area contributed by atoms with Crippen molar-refractivity contribution < 1.29 is 9.53 Å². The van der Waals surface area contributed by atoms with Crippen LogP contribution in [0.5, 0.6) is 0 Å². The fourth-order valence-corrected chi connectivity index (χ4v) is 2.25. The fourth-order valence-electron chi connectivity index (χ4n) is 2.25. The molecule has 0 atom stereocenters. The Morgan fingerprint density at radius 2 is 2.00 bits per heavy atom. The Morgan fingerprint density at radius 1 is 1.35 bits per heavy atom. The van der Waals surface area contributed by atoms with E-state index in [9.17, 15) is 4.79 Å². The average Bonchev–Trinajstić information content (AvgIpc) is 2.35. The molecular weight excluding hydrogens is 216 g/mol. The van der Waals surface area contributed by atoms with Crippen LogP contribution >= 0.6 is 0 Å². The lowest BCUT2D eigenvalue weighted by molar-refractivity contribution is -0.121. The van der Waals surface area contributed by atoms with Gasteiger partial charge in [-0.15, -0.1) is 0 Å². The Labute approximate surface area is 104 Å². The van der Waals surface area contributed by atoms with Crippen molar-refractivity contribution in [3.63, 3.8) is 0 Å².